The molecule has 0 amide bonds. The normalized spacial score (nSPS) is 7.53. The quantitative estimate of drug-likeness (QED) is 0.755. The Labute approximate surface area is 92.5 Å². The van der Waals surface area contributed by atoms with Crippen LogP contribution in [0.25, 0.3) is 0 Å². The number of nitrogens with zero attached hydrogens (tertiary/aromatic N) is 3. The van der Waals surface area contributed by atoms with E-state index in [1.54, 1.807) is 4.68 Å². The number of hydrogen-bond donors (Lipinski definition) is 0. The average molecular weight is 211 g/mol. The summed E-state index contributed by atoms with van der Waals surface area (Å²) in [6.07, 6.45) is 1.84. The van der Waals surface area contributed by atoms with Gasteiger partial charge >= 0.3 is 0 Å². The van der Waals surface area contributed by atoms with Gasteiger partial charge in [0.25, 0.3) is 0 Å². The molecular weight excluding hydrogens is 190 g/mol. The van der Waals surface area contributed by atoms with Gasteiger partial charge in [-0.15, -0.1) is 5.10 Å². The number of aryl methyl sites for hydroxylation is 2. The van der Waals surface area contributed by atoms with Gasteiger partial charge in [0.05, 0.1) is 0 Å². The molecule has 0 aliphatic rings. The van der Waals surface area contributed by atoms with E-state index in [1.165, 1.54) is 0 Å². The first-order chi connectivity index (χ1) is 7.24. The van der Waals surface area contributed by atoms with Gasteiger partial charge < -0.3 is 4.74 Å². The van der Waals surface area contributed by atoms with E-state index in [0.717, 1.165) is 5.56 Å². The lowest BCUT2D eigenvalue weighted by molar-refractivity contribution is 0.347. The molecule has 0 N–H and O–H groups in total. The highest BCUT2D eigenvalue weighted by Crippen LogP contribution is 2.12. The van der Waals surface area contributed by atoms with Gasteiger partial charge in [0.2, 0.25) is 5.88 Å². The molecule has 4 nitrogen and oxygen atoms in total. The molecule has 86 valence electrons. The maximum absolute atomic E-state index is 8.22. The highest BCUT2D eigenvalue weighted by molar-refractivity contribution is 5.21. The lowest BCUT2D eigenvalue weighted by atomic mass is 10.4. The van der Waals surface area contributed by atoms with Crippen LogP contribution in [0.4, 0.5) is 0 Å². The van der Waals surface area contributed by atoms with Gasteiger partial charge in [-0.3, -0.25) is 4.68 Å². The second-order valence-electron chi connectivity index (χ2n) is 2.24. The maximum Gasteiger partial charge on any atom is 0.236 e. The third kappa shape index (κ3) is 6.55. The zero-order chi connectivity index (χ0) is 12.3. The van der Waals surface area contributed by atoms with Crippen LogP contribution in [0.5, 0.6) is 5.88 Å². The summed E-state index contributed by atoms with van der Waals surface area (Å²) in [6, 6.07) is 1.88. The lowest BCUT2D eigenvalue weighted by Gasteiger charge is -1.94. The van der Waals surface area contributed by atoms with Crippen LogP contribution >= 0.6 is 0 Å². The van der Waals surface area contributed by atoms with Crippen LogP contribution < -0.4 is 4.74 Å². The van der Waals surface area contributed by atoms with Crippen molar-refractivity contribution in [3.63, 3.8) is 0 Å². The molecule has 0 atom stereocenters. The van der Waals surface area contributed by atoms with E-state index in [9.17, 15) is 0 Å². The molecule has 0 fully saturated rings. The molecule has 1 aromatic heterocycles. The van der Waals surface area contributed by atoms with Crippen LogP contribution in [-0.4, -0.2) is 16.4 Å². The summed E-state index contributed by atoms with van der Waals surface area (Å²) < 4.78 is 6.67. The molecule has 15 heavy (non-hydrogen) atoms. The Morgan fingerprint density at radius 2 is 1.93 bits per heavy atom. The van der Waals surface area contributed by atoms with Crippen LogP contribution in [0, 0.1) is 18.3 Å². The van der Waals surface area contributed by atoms with Gasteiger partial charge in [0.1, 0.15) is 6.07 Å². The number of ether oxygens (including phenoxy) is 1. The predicted octanol–water partition coefficient (Wildman–Crippen LogP) is 2.68. The molecule has 1 heterocycles. The van der Waals surface area contributed by atoms with Crippen molar-refractivity contribution in [2.45, 2.75) is 34.6 Å². The first-order valence-electron chi connectivity index (χ1n) is 5.24. The van der Waals surface area contributed by atoms with Crippen molar-refractivity contribution in [2.75, 3.05) is 6.61 Å². The molecular formula is C11H21N3O. The van der Waals surface area contributed by atoms with Crippen LogP contribution in [0.3, 0.4) is 0 Å². The molecule has 0 aliphatic heterocycles. The summed E-state index contributed by atoms with van der Waals surface area (Å²) in [5, 5.41) is 12.2. The molecule has 0 saturated heterocycles. The number of hydrogen-bond acceptors (Lipinski definition) is 3. The minimum Gasteiger partial charge on any atom is -0.461 e. The van der Waals surface area contributed by atoms with Gasteiger partial charge in [-0.25, -0.2) is 0 Å². The van der Waals surface area contributed by atoms with E-state index in [0.29, 0.717) is 5.88 Å². The Hall–Kier alpha value is -1.50. The molecule has 0 unspecified atom stereocenters. The third-order valence-corrected chi connectivity index (χ3v) is 1.24. The fourth-order valence-corrected chi connectivity index (χ4v) is 0.830. The third-order valence-electron chi connectivity index (χ3n) is 1.24. The molecule has 1 rings (SSSR count). The minimum absolute atomic E-state index is 0.0534. The molecule has 4 heteroatoms. The van der Waals surface area contributed by atoms with Crippen molar-refractivity contribution in [3.8, 4) is 11.9 Å². The van der Waals surface area contributed by atoms with E-state index in [1.807, 2.05) is 53.9 Å². The van der Waals surface area contributed by atoms with Gasteiger partial charge in [0, 0.05) is 18.8 Å². The summed E-state index contributed by atoms with van der Waals surface area (Å²) in [6.45, 7) is 9.94. The second-order valence-corrected chi connectivity index (χ2v) is 2.24. The largest absolute Gasteiger partial charge is 0.461 e. The Bertz CT molecular complexity index is 287. The highest BCUT2D eigenvalue weighted by Gasteiger charge is 2.02. The van der Waals surface area contributed by atoms with Gasteiger partial charge in [-0.1, -0.05) is 27.7 Å². The zero-order valence-electron chi connectivity index (χ0n) is 10.5. The van der Waals surface area contributed by atoms with Crippen molar-refractivity contribution in [1.82, 2.24) is 9.78 Å². The fourth-order valence-electron chi connectivity index (χ4n) is 0.830. The SMILES string of the molecule is CC.CC.Cc1cn(C)nc1OCC#N. The fraction of sp³-hybridized carbons (Fsp3) is 0.636. The van der Waals surface area contributed by atoms with Gasteiger partial charge in [-0.2, -0.15) is 5.26 Å². The monoisotopic (exact) mass is 211 g/mol. The first-order valence-corrected chi connectivity index (χ1v) is 5.24. The molecule has 0 bridgehead atoms. The van der Waals surface area contributed by atoms with Crippen molar-refractivity contribution >= 4 is 0 Å². The molecule has 1 aromatic rings. The van der Waals surface area contributed by atoms with Gasteiger partial charge in [-0.05, 0) is 6.92 Å². The summed E-state index contributed by atoms with van der Waals surface area (Å²) >= 11 is 0. The van der Waals surface area contributed by atoms with Crippen LogP contribution in [0.15, 0.2) is 6.20 Å². The number of nitriles is 1. The molecule has 0 aromatic carbocycles. The summed E-state index contributed by atoms with van der Waals surface area (Å²) in [7, 11) is 1.81. The topological polar surface area (TPSA) is 50.8 Å². The van der Waals surface area contributed by atoms with Crippen molar-refractivity contribution < 1.29 is 4.74 Å². The van der Waals surface area contributed by atoms with Crippen LogP contribution in [0.2, 0.25) is 0 Å². The minimum atomic E-state index is 0.0534. The van der Waals surface area contributed by atoms with E-state index in [-0.39, 0.29) is 6.61 Å². The molecule has 0 spiro atoms. The Balaban J connectivity index is 0. The highest BCUT2D eigenvalue weighted by atomic mass is 16.5. The molecule has 0 aliphatic carbocycles. The Morgan fingerprint density at radius 3 is 2.27 bits per heavy atom. The van der Waals surface area contributed by atoms with Gasteiger partial charge in [0.15, 0.2) is 6.61 Å². The lowest BCUT2D eigenvalue weighted by Crippen LogP contribution is -1.96. The smallest absolute Gasteiger partial charge is 0.236 e. The molecule has 0 saturated carbocycles. The molecule has 0 radical (unpaired) electrons. The predicted molar refractivity (Wildman–Crippen MR) is 61.7 cm³/mol. The van der Waals surface area contributed by atoms with E-state index in [4.69, 9.17) is 10.00 Å². The summed E-state index contributed by atoms with van der Waals surface area (Å²) in [5.41, 5.74) is 0.947. The number of rotatable bonds is 2. The van der Waals surface area contributed by atoms with Crippen LogP contribution in [0.1, 0.15) is 33.3 Å². The Morgan fingerprint density at radius 1 is 1.40 bits per heavy atom. The van der Waals surface area contributed by atoms with E-state index >= 15 is 0 Å². The summed E-state index contributed by atoms with van der Waals surface area (Å²) in [4.78, 5) is 0. The van der Waals surface area contributed by atoms with Crippen molar-refractivity contribution in [2.24, 2.45) is 7.05 Å². The zero-order valence-corrected chi connectivity index (χ0v) is 10.5. The standard InChI is InChI=1S/C7H9N3O.2C2H6/c1-6-5-10(2)9-7(6)11-4-3-8;2*1-2/h5H,4H2,1-2H3;2*1-2H3. The average Bonchev–Trinajstić information content (AvgIpc) is 2.60. The maximum atomic E-state index is 8.22. The van der Waals surface area contributed by atoms with Crippen LogP contribution in [-0.2, 0) is 7.05 Å². The second kappa shape index (κ2) is 10.6. The number of aromatic nitrogens is 2. The van der Waals surface area contributed by atoms with E-state index in [2.05, 4.69) is 5.10 Å². The van der Waals surface area contributed by atoms with Crippen molar-refractivity contribution in [3.05, 3.63) is 11.8 Å². The van der Waals surface area contributed by atoms with Crippen molar-refractivity contribution in [1.29, 1.82) is 5.26 Å². The summed E-state index contributed by atoms with van der Waals surface area (Å²) in [5.74, 6) is 0.536. The van der Waals surface area contributed by atoms with E-state index < -0.39 is 0 Å². The Kier molecular flexibility index (Phi) is 11.2. The first kappa shape index (κ1) is 15.9.